The van der Waals surface area contributed by atoms with Crippen LogP contribution in [-0.4, -0.2) is 37.5 Å². The molecule has 0 aliphatic carbocycles. The van der Waals surface area contributed by atoms with Crippen molar-refractivity contribution < 1.29 is 4.79 Å². The van der Waals surface area contributed by atoms with Crippen molar-refractivity contribution in [1.82, 2.24) is 10.2 Å². The number of nitrogens with zero attached hydrogens (tertiary/aromatic N) is 1. The largest absolute Gasteiger partial charge is 0.350 e. The number of amides is 1. The number of likely N-dealkylation sites (N-methyl/N-ethyl adjacent to an activating group) is 1. The molecule has 84 valence electrons. The monoisotopic (exact) mass is 290 g/mol. The first kappa shape index (κ1) is 12.7. The molecule has 0 unspecified atom stereocenters. The van der Waals surface area contributed by atoms with Crippen LogP contribution in [0.1, 0.15) is 16.6 Å². The van der Waals surface area contributed by atoms with Gasteiger partial charge in [0.05, 0.1) is 0 Å². The molecule has 1 amide bonds. The molecule has 1 rings (SSSR count). The highest BCUT2D eigenvalue weighted by Gasteiger charge is 2.12. The number of rotatable bonds is 4. The van der Waals surface area contributed by atoms with Gasteiger partial charge in [0.1, 0.15) is 4.88 Å². The Balaban J connectivity index is 2.47. The maximum Gasteiger partial charge on any atom is 0.262 e. The molecule has 0 radical (unpaired) electrons. The van der Waals surface area contributed by atoms with Crippen molar-refractivity contribution in [3.8, 4) is 0 Å². The zero-order valence-electron chi connectivity index (χ0n) is 9.08. The first-order valence-electron chi connectivity index (χ1n) is 4.70. The Morgan fingerprint density at radius 3 is 2.80 bits per heavy atom. The van der Waals surface area contributed by atoms with Crippen LogP contribution in [-0.2, 0) is 0 Å². The maximum absolute atomic E-state index is 11.7. The lowest BCUT2D eigenvalue weighted by Gasteiger charge is -2.19. The number of hydrogen-bond acceptors (Lipinski definition) is 3. The highest BCUT2D eigenvalue weighted by atomic mass is 79.9. The number of carbonyl (C=O) groups is 1. The summed E-state index contributed by atoms with van der Waals surface area (Å²) in [6.45, 7) is 2.74. The van der Waals surface area contributed by atoms with Crippen LogP contribution in [0.2, 0.25) is 0 Å². The van der Waals surface area contributed by atoms with Crippen molar-refractivity contribution in [1.29, 1.82) is 0 Å². The molecule has 0 fully saturated rings. The third kappa shape index (κ3) is 3.59. The van der Waals surface area contributed by atoms with E-state index in [-0.39, 0.29) is 5.91 Å². The summed E-state index contributed by atoms with van der Waals surface area (Å²) >= 11 is 4.79. The van der Waals surface area contributed by atoms with E-state index in [0.717, 1.165) is 9.35 Å². The topological polar surface area (TPSA) is 32.3 Å². The molecule has 15 heavy (non-hydrogen) atoms. The molecule has 0 aliphatic rings. The summed E-state index contributed by atoms with van der Waals surface area (Å²) in [7, 11) is 4.00. The summed E-state index contributed by atoms with van der Waals surface area (Å²) in [5.74, 6) is -0.00873. The quantitative estimate of drug-likeness (QED) is 0.922. The van der Waals surface area contributed by atoms with Gasteiger partial charge >= 0.3 is 0 Å². The maximum atomic E-state index is 11.7. The normalized spacial score (nSPS) is 12.9. The van der Waals surface area contributed by atoms with E-state index in [9.17, 15) is 4.79 Å². The predicted molar refractivity (Wildman–Crippen MR) is 67.5 cm³/mol. The third-order valence-corrected chi connectivity index (χ3v) is 4.10. The zero-order valence-corrected chi connectivity index (χ0v) is 11.5. The molecule has 1 aromatic rings. The van der Waals surface area contributed by atoms with Crippen molar-refractivity contribution in [3.05, 3.63) is 20.8 Å². The molecule has 0 spiro atoms. The van der Waals surface area contributed by atoms with Gasteiger partial charge in [-0.2, -0.15) is 0 Å². The van der Waals surface area contributed by atoms with Crippen molar-refractivity contribution >= 4 is 33.2 Å². The van der Waals surface area contributed by atoms with E-state index in [1.54, 1.807) is 0 Å². The lowest BCUT2D eigenvalue weighted by Crippen LogP contribution is -2.38. The Kier molecular flexibility index (Phi) is 4.76. The summed E-state index contributed by atoms with van der Waals surface area (Å²) < 4.78 is 0.863. The molecule has 5 heteroatoms. The fourth-order valence-corrected chi connectivity index (χ4v) is 2.43. The van der Waals surface area contributed by atoms with E-state index in [4.69, 9.17) is 0 Å². The van der Waals surface area contributed by atoms with Crippen LogP contribution in [0.5, 0.6) is 0 Å². The van der Waals surface area contributed by atoms with Crippen LogP contribution in [0.4, 0.5) is 0 Å². The predicted octanol–water partition coefficient (Wildman–Crippen LogP) is 2.19. The second-order valence-corrected chi connectivity index (χ2v) is 5.39. The van der Waals surface area contributed by atoms with Crippen molar-refractivity contribution in [2.45, 2.75) is 13.0 Å². The van der Waals surface area contributed by atoms with E-state index in [0.29, 0.717) is 12.6 Å². The van der Waals surface area contributed by atoms with Crippen LogP contribution in [0.15, 0.2) is 15.9 Å². The minimum Gasteiger partial charge on any atom is -0.350 e. The fraction of sp³-hybridized carbons (Fsp3) is 0.500. The standard InChI is InChI=1S/C10H15BrN2OS/c1-7(13(2)3)6-12-10(14)9-8(11)4-5-15-9/h4-5,7H,6H2,1-3H3,(H,12,14)/t7-/m0/s1. The average Bonchev–Trinajstić information content (AvgIpc) is 2.60. The van der Waals surface area contributed by atoms with Gasteiger partial charge in [-0.25, -0.2) is 0 Å². The van der Waals surface area contributed by atoms with Crippen LogP contribution in [0.25, 0.3) is 0 Å². The lowest BCUT2D eigenvalue weighted by molar-refractivity contribution is 0.0947. The van der Waals surface area contributed by atoms with E-state index in [1.165, 1.54) is 11.3 Å². The fourth-order valence-electron chi connectivity index (χ4n) is 0.959. The number of thiophene rings is 1. The highest BCUT2D eigenvalue weighted by molar-refractivity contribution is 9.10. The van der Waals surface area contributed by atoms with Gasteiger partial charge in [-0.3, -0.25) is 4.79 Å². The first-order valence-corrected chi connectivity index (χ1v) is 6.37. The van der Waals surface area contributed by atoms with E-state index in [1.807, 2.05) is 25.5 Å². The molecular weight excluding hydrogens is 276 g/mol. The van der Waals surface area contributed by atoms with Gasteiger partial charge in [0.2, 0.25) is 0 Å². The molecule has 3 nitrogen and oxygen atoms in total. The smallest absolute Gasteiger partial charge is 0.262 e. The van der Waals surface area contributed by atoms with Crippen LogP contribution in [0, 0.1) is 0 Å². The van der Waals surface area contributed by atoms with Gasteiger partial charge in [-0.05, 0) is 48.4 Å². The second kappa shape index (κ2) is 5.63. The van der Waals surface area contributed by atoms with Crippen LogP contribution < -0.4 is 5.32 Å². The number of nitrogens with one attached hydrogen (secondary N) is 1. The van der Waals surface area contributed by atoms with Gasteiger partial charge in [-0.15, -0.1) is 11.3 Å². The Morgan fingerprint density at radius 1 is 1.67 bits per heavy atom. The molecule has 0 aromatic carbocycles. The molecule has 0 saturated carbocycles. The van der Waals surface area contributed by atoms with Gasteiger partial charge in [-0.1, -0.05) is 0 Å². The average molecular weight is 291 g/mol. The first-order chi connectivity index (χ1) is 7.02. The van der Waals surface area contributed by atoms with Crippen LogP contribution >= 0.6 is 27.3 Å². The number of hydrogen-bond donors (Lipinski definition) is 1. The molecule has 1 N–H and O–H groups in total. The summed E-state index contributed by atoms with van der Waals surface area (Å²) in [6.07, 6.45) is 0. The molecule has 0 bridgehead atoms. The summed E-state index contributed by atoms with van der Waals surface area (Å²) in [5, 5.41) is 4.80. The number of halogens is 1. The minimum absolute atomic E-state index is 0.00873. The summed E-state index contributed by atoms with van der Waals surface area (Å²) in [6, 6.07) is 2.22. The van der Waals surface area contributed by atoms with Crippen molar-refractivity contribution in [2.24, 2.45) is 0 Å². The Bertz CT molecular complexity index is 338. The van der Waals surface area contributed by atoms with E-state index < -0.39 is 0 Å². The van der Waals surface area contributed by atoms with Gasteiger partial charge in [0.15, 0.2) is 0 Å². The second-order valence-electron chi connectivity index (χ2n) is 3.62. The van der Waals surface area contributed by atoms with Crippen molar-refractivity contribution in [3.63, 3.8) is 0 Å². The third-order valence-electron chi connectivity index (χ3n) is 2.26. The van der Waals surface area contributed by atoms with Gasteiger partial charge in [0, 0.05) is 17.1 Å². The van der Waals surface area contributed by atoms with Crippen LogP contribution in [0.3, 0.4) is 0 Å². The zero-order chi connectivity index (χ0) is 11.4. The molecule has 0 aliphatic heterocycles. The molecule has 1 aromatic heterocycles. The SMILES string of the molecule is C[C@@H](CNC(=O)c1sccc1Br)N(C)C. The summed E-state index contributed by atoms with van der Waals surface area (Å²) in [5.41, 5.74) is 0. The molecular formula is C10H15BrN2OS. The Morgan fingerprint density at radius 2 is 2.33 bits per heavy atom. The molecule has 1 atom stereocenters. The van der Waals surface area contributed by atoms with Gasteiger partial charge in [0.25, 0.3) is 5.91 Å². The Hall–Kier alpha value is -0.390. The Labute approximate surface area is 103 Å². The highest BCUT2D eigenvalue weighted by Crippen LogP contribution is 2.22. The minimum atomic E-state index is -0.00873. The summed E-state index contributed by atoms with van der Waals surface area (Å²) in [4.78, 5) is 14.5. The van der Waals surface area contributed by atoms with E-state index >= 15 is 0 Å². The lowest BCUT2D eigenvalue weighted by atomic mass is 10.3. The van der Waals surface area contributed by atoms with Gasteiger partial charge < -0.3 is 10.2 Å². The van der Waals surface area contributed by atoms with Crippen molar-refractivity contribution in [2.75, 3.05) is 20.6 Å². The number of carbonyl (C=O) groups excluding carboxylic acids is 1. The van der Waals surface area contributed by atoms with E-state index in [2.05, 4.69) is 33.1 Å². The molecule has 0 saturated heterocycles. The molecule has 1 heterocycles.